The zero-order valence-corrected chi connectivity index (χ0v) is 15.2. The number of aromatic nitrogens is 3. The molecule has 3 aromatic rings. The molecule has 1 aliphatic heterocycles. The molecule has 27 heavy (non-hydrogen) atoms. The Bertz CT molecular complexity index is 923. The molecular formula is C20H21N5O2. The van der Waals surface area contributed by atoms with Gasteiger partial charge in [0, 0.05) is 50.7 Å². The molecule has 0 bridgehead atoms. The molecule has 0 atom stereocenters. The van der Waals surface area contributed by atoms with E-state index in [0.717, 1.165) is 30.5 Å². The Balaban J connectivity index is 1.41. The van der Waals surface area contributed by atoms with Gasteiger partial charge in [-0.2, -0.15) is 0 Å². The number of aryl methyl sites for hydroxylation is 1. The van der Waals surface area contributed by atoms with E-state index >= 15 is 0 Å². The van der Waals surface area contributed by atoms with Gasteiger partial charge in [0.1, 0.15) is 23.2 Å². The van der Waals surface area contributed by atoms with Crippen molar-refractivity contribution < 1.29 is 9.21 Å². The lowest BCUT2D eigenvalue weighted by atomic mass is 10.3. The molecule has 1 aliphatic rings. The Kier molecular flexibility index (Phi) is 4.74. The molecule has 0 radical (unpaired) electrons. The van der Waals surface area contributed by atoms with Gasteiger partial charge >= 0.3 is 0 Å². The van der Waals surface area contributed by atoms with Crippen LogP contribution < -0.4 is 4.90 Å². The lowest BCUT2D eigenvalue weighted by Crippen LogP contribution is -2.48. The first-order chi connectivity index (χ1) is 13.2. The van der Waals surface area contributed by atoms with Crippen molar-refractivity contribution in [1.82, 2.24) is 19.4 Å². The molecule has 7 nitrogen and oxygen atoms in total. The highest BCUT2D eigenvalue weighted by atomic mass is 16.3. The highest BCUT2D eigenvalue weighted by molar-refractivity contribution is 5.91. The van der Waals surface area contributed by atoms with E-state index < -0.39 is 0 Å². The zero-order valence-electron chi connectivity index (χ0n) is 15.2. The smallest absolute Gasteiger partial charge is 0.246 e. The summed E-state index contributed by atoms with van der Waals surface area (Å²) in [5.41, 5.74) is 0. The Morgan fingerprint density at radius 3 is 2.52 bits per heavy atom. The van der Waals surface area contributed by atoms with Crippen LogP contribution in [0.5, 0.6) is 0 Å². The van der Waals surface area contributed by atoms with Gasteiger partial charge in [-0.15, -0.1) is 0 Å². The number of amides is 1. The quantitative estimate of drug-likeness (QED) is 0.667. The number of piperazine rings is 1. The van der Waals surface area contributed by atoms with Gasteiger partial charge in [-0.3, -0.25) is 4.79 Å². The van der Waals surface area contributed by atoms with Crippen molar-refractivity contribution in [1.29, 1.82) is 0 Å². The van der Waals surface area contributed by atoms with Gasteiger partial charge in [-0.25, -0.2) is 9.97 Å². The average Bonchev–Trinajstić information content (AvgIpc) is 3.39. The summed E-state index contributed by atoms with van der Waals surface area (Å²) in [5.74, 6) is 3.15. The van der Waals surface area contributed by atoms with Crippen molar-refractivity contribution in [2.75, 3.05) is 31.1 Å². The van der Waals surface area contributed by atoms with Crippen LogP contribution in [0, 0.1) is 6.92 Å². The maximum atomic E-state index is 12.4. The Hall–Kier alpha value is -3.35. The molecular weight excluding hydrogens is 342 g/mol. The molecule has 1 amide bonds. The summed E-state index contributed by atoms with van der Waals surface area (Å²) >= 11 is 0. The van der Waals surface area contributed by atoms with E-state index in [2.05, 4.69) is 14.9 Å². The molecule has 138 valence electrons. The monoisotopic (exact) mass is 363 g/mol. The van der Waals surface area contributed by atoms with E-state index in [1.54, 1.807) is 24.5 Å². The van der Waals surface area contributed by atoms with Crippen LogP contribution in [-0.4, -0.2) is 51.5 Å². The Labute approximate surface area is 157 Å². The van der Waals surface area contributed by atoms with Gasteiger partial charge in [-0.1, -0.05) is 0 Å². The van der Waals surface area contributed by atoms with E-state index in [9.17, 15) is 4.79 Å². The fourth-order valence-electron chi connectivity index (χ4n) is 3.12. The third-order valence-electron chi connectivity index (χ3n) is 4.53. The molecule has 0 N–H and O–H groups in total. The predicted octanol–water partition coefficient (Wildman–Crippen LogP) is 2.53. The maximum Gasteiger partial charge on any atom is 0.246 e. The number of rotatable bonds is 4. The van der Waals surface area contributed by atoms with Crippen LogP contribution in [0.2, 0.25) is 0 Å². The first-order valence-corrected chi connectivity index (χ1v) is 8.93. The van der Waals surface area contributed by atoms with E-state index in [1.807, 2.05) is 53.0 Å². The zero-order chi connectivity index (χ0) is 18.6. The normalized spacial score (nSPS) is 14.9. The second kappa shape index (κ2) is 7.49. The van der Waals surface area contributed by atoms with Gasteiger partial charge in [-0.05, 0) is 37.3 Å². The highest BCUT2D eigenvalue weighted by Crippen LogP contribution is 2.18. The minimum atomic E-state index is -0.00190. The first-order valence-electron chi connectivity index (χ1n) is 8.93. The minimum Gasteiger partial charge on any atom is -0.465 e. The number of hydrogen-bond donors (Lipinski definition) is 0. The van der Waals surface area contributed by atoms with Crippen molar-refractivity contribution in [3.05, 3.63) is 66.6 Å². The van der Waals surface area contributed by atoms with E-state index in [4.69, 9.17) is 4.42 Å². The topological polar surface area (TPSA) is 67.4 Å². The number of anilines is 1. The van der Waals surface area contributed by atoms with Crippen LogP contribution in [0.15, 0.2) is 59.5 Å². The van der Waals surface area contributed by atoms with E-state index in [-0.39, 0.29) is 5.91 Å². The molecule has 0 saturated carbocycles. The van der Waals surface area contributed by atoms with Crippen molar-refractivity contribution >= 4 is 17.8 Å². The molecule has 4 rings (SSSR count). The van der Waals surface area contributed by atoms with Crippen molar-refractivity contribution in [3.63, 3.8) is 0 Å². The Morgan fingerprint density at radius 2 is 1.81 bits per heavy atom. The van der Waals surface area contributed by atoms with Crippen LogP contribution in [0.25, 0.3) is 11.9 Å². The summed E-state index contributed by atoms with van der Waals surface area (Å²) in [6, 6.07) is 9.55. The highest BCUT2D eigenvalue weighted by Gasteiger charge is 2.21. The summed E-state index contributed by atoms with van der Waals surface area (Å²) in [5, 5.41) is 0. The molecule has 0 aliphatic carbocycles. The van der Waals surface area contributed by atoms with E-state index in [0.29, 0.717) is 18.8 Å². The number of carbonyl (C=O) groups is 1. The number of nitrogens with zero attached hydrogens (tertiary/aromatic N) is 5. The lowest BCUT2D eigenvalue weighted by molar-refractivity contribution is -0.126. The first kappa shape index (κ1) is 17.1. The van der Waals surface area contributed by atoms with Crippen molar-refractivity contribution in [2.45, 2.75) is 6.92 Å². The second-order valence-corrected chi connectivity index (χ2v) is 6.38. The summed E-state index contributed by atoms with van der Waals surface area (Å²) < 4.78 is 7.19. The van der Waals surface area contributed by atoms with Gasteiger partial charge < -0.3 is 18.8 Å². The van der Waals surface area contributed by atoms with Crippen molar-refractivity contribution in [2.24, 2.45) is 0 Å². The average molecular weight is 363 g/mol. The molecule has 1 fully saturated rings. The number of hydrogen-bond acceptors (Lipinski definition) is 5. The van der Waals surface area contributed by atoms with Gasteiger partial charge in [0.15, 0.2) is 0 Å². The number of carbonyl (C=O) groups excluding carboxylic acids is 1. The van der Waals surface area contributed by atoms with Crippen LogP contribution in [0.4, 0.5) is 5.82 Å². The largest absolute Gasteiger partial charge is 0.465 e. The lowest BCUT2D eigenvalue weighted by Gasteiger charge is -2.35. The van der Waals surface area contributed by atoms with Gasteiger partial charge in [0.2, 0.25) is 5.91 Å². The van der Waals surface area contributed by atoms with Crippen LogP contribution in [-0.2, 0) is 4.79 Å². The summed E-state index contributed by atoms with van der Waals surface area (Å²) in [6.07, 6.45) is 8.79. The van der Waals surface area contributed by atoms with Gasteiger partial charge in [0.05, 0.1) is 6.26 Å². The third kappa shape index (κ3) is 3.92. The third-order valence-corrected chi connectivity index (χ3v) is 4.53. The van der Waals surface area contributed by atoms with Crippen LogP contribution in [0.1, 0.15) is 11.6 Å². The maximum absolute atomic E-state index is 12.4. The molecule has 4 heterocycles. The SMILES string of the molecule is Cc1nc(N2CCN(C(=O)/C=C/c3ccco3)CC2)cc(-n2cccc2)n1. The fraction of sp³-hybridized carbons (Fsp3) is 0.250. The predicted molar refractivity (Wildman–Crippen MR) is 103 cm³/mol. The number of furan rings is 1. The van der Waals surface area contributed by atoms with Gasteiger partial charge in [0.25, 0.3) is 0 Å². The van der Waals surface area contributed by atoms with Crippen LogP contribution in [0.3, 0.4) is 0 Å². The molecule has 7 heteroatoms. The molecule has 3 aromatic heterocycles. The van der Waals surface area contributed by atoms with Crippen LogP contribution >= 0.6 is 0 Å². The Morgan fingerprint density at radius 1 is 1.07 bits per heavy atom. The van der Waals surface area contributed by atoms with Crippen molar-refractivity contribution in [3.8, 4) is 5.82 Å². The fourth-order valence-corrected chi connectivity index (χ4v) is 3.12. The van der Waals surface area contributed by atoms with E-state index in [1.165, 1.54) is 0 Å². The standard InChI is InChI=1S/C20H21N5O2/c1-16-21-18(23-8-2-3-9-23)15-19(22-16)24-10-12-25(13-11-24)20(26)7-6-17-5-4-14-27-17/h2-9,14-15H,10-13H2,1H3/b7-6+. The molecule has 1 saturated heterocycles. The minimum absolute atomic E-state index is 0.00190. The second-order valence-electron chi connectivity index (χ2n) is 6.38. The summed E-state index contributed by atoms with van der Waals surface area (Å²) in [7, 11) is 0. The molecule has 0 aromatic carbocycles. The summed E-state index contributed by atoms with van der Waals surface area (Å²) in [6.45, 7) is 4.69. The molecule has 0 spiro atoms. The summed E-state index contributed by atoms with van der Waals surface area (Å²) in [4.78, 5) is 25.5. The molecule has 0 unspecified atom stereocenters.